The van der Waals surface area contributed by atoms with Gasteiger partial charge in [-0.15, -0.1) is 0 Å². The highest BCUT2D eigenvalue weighted by Gasteiger charge is 2.18. The maximum Gasteiger partial charge on any atom is 0.221 e. The summed E-state index contributed by atoms with van der Waals surface area (Å²) in [6, 6.07) is 21.6. The number of hydrogen-bond acceptors (Lipinski definition) is 3. The van der Waals surface area contributed by atoms with Crippen LogP contribution in [0.1, 0.15) is 0 Å². The van der Waals surface area contributed by atoms with Crippen LogP contribution in [0.15, 0.2) is 72.9 Å². The molecule has 0 spiro atoms. The van der Waals surface area contributed by atoms with E-state index in [0.717, 1.165) is 39.1 Å². The summed E-state index contributed by atoms with van der Waals surface area (Å²) in [5, 5.41) is 1.70. The van der Waals surface area contributed by atoms with Crippen molar-refractivity contribution in [3.05, 3.63) is 88.0 Å². The molecule has 4 aromatic rings. The van der Waals surface area contributed by atoms with Gasteiger partial charge in [-0.2, -0.15) is 0 Å². The first kappa shape index (κ1) is 22.5. The smallest absolute Gasteiger partial charge is 0.221 e. The second-order valence-electron chi connectivity index (χ2n) is 7.51. The summed E-state index contributed by atoms with van der Waals surface area (Å²) in [5.41, 5.74) is 6.60. The lowest BCUT2D eigenvalue weighted by molar-refractivity contribution is 0.400. The highest BCUT2D eigenvalue weighted by atomic mass is 35.5. The molecule has 3 aromatic carbocycles. The zero-order chi connectivity index (χ0) is 22.8. The molecule has 162 valence electrons. The summed E-state index contributed by atoms with van der Waals surface area (Å²) in [6.45, 7) is 0. The Balaban J connectivity index is 1.97. The van der Waals surface area contributed by atoms with Crippen LogP contribution in [0.5, 0.6) is 5.88 Å². The highest BCUT2D eigenvalue weighted by molar-refractivity contribution is 6.43. The zero-order valence-corrected chi connectivity index (χ0v) is 20.1. The Labute approximate surface area is 203 Å². The molecule has 0 N–H and O–H groups in total. The molecule has 1 heterocycles. The summed E-state index contributed by atoms with van der Waals surface area (Å²) in [6.07, 6.45) is 1.80. The molecule has 32 heavy (non-hydrogen) atoms. The number of aromatic nitrogens is 1. The second kappa shape index (κ2) is 9.41. The standard InChI is InChI=1S/C26H21Cl3N2O/c1-31(2)19-11-12-20(22(14-19)21-5-4-6-24(28)25(21)29)23-13-17(15-30-26(23)32-3)16-7-9-18(27)10-8-16/h4-15H,1-3H3. The van der Waals surface area contributed by atoms with Gasteiger partial charge in [-0.05, 0) is 53.1 Å². The first-order chi connectivity index (χ1) is 15.4. The third-order valence-electron chi connectivity index (χ3n) is 5.27. The van der Waals surface area contributed by atoms with Gasteiger partial charge in [-0.25, -0.2) is 4.98 Å². The van der Waals surface area contributed by atoms with E-state index in [-0.39, 0.29) is 0 Å². The molecule has 0 saturated heterocycles. The first-order valence-electron chi connectivity index (χ1n) is 9.95. The Bertz CT molecular complexity index is 1270. The molecule has 6 heteroatoms. The average molecular weight is 484 g/mol. The van der Waals surface area contributed by atoms with Crippen molar-refractivity contribution in [2.75, 3.05) is 26.1 Å². The van der Waals surface area contributed by atoms with Crippen LogP contribution in [-0.2, 0) is 0 Å². The summed E-state index contributed by atoms with van der Waals surface area (Å²) >= 11 is 19.0. The van der Waals surface area contributed by atoms with Crippen molar-refractivity contribution in [2.45, 2.75) is 0 Å². The van der Waals surface area contributed by atoms with E-state index in [0.29, 0.717) is 20.9 Å². The van der Waals surface area contributed by atoms with Crippen LogP contribution in [0.25, 0.3) is 33.4 Å². The number of halogens is 3. The van der Waals surface area contributed by atoms with Gasteiger partial charge < -0.3 is 9.64 Å². The predicted octanol–water partition coefficient (Wildman–Crippen LogP) is 8.12. The van der Waals surface area contributed by atoms with E-state index < -0.39 is 0 Å². The molecule has 3 nitrogen and oxygen atoms in total. The molecule has 0 unspecified atom stereocenters. The van der Waals surface area contributed by atoms with Crippen LogP contribution in [0.2, 0.25) is 15.1 Å². The van der Waals surface area contributed by atoms with Gasteiger partial charge in [-0.1, -0.05) is 65.1 Å². The molecule has 0 amide bonds. The number of hydrogen-bond donors (Lipinski definition) is 0. The minimum Gasteiger partial charge on any atom is -0.481 e. The molecular weight excluding hydrogens is 463 g/mol. The molecule has 0 atom stereocenters. The summed E-state index contributed by atoms with van der Waals surface area (Å²) in [4.78, 5) is 6.63. The lowest BCUT2D eigenvalue weighted by atomic mass is 9.93. The quantitative estimate of drug-likeness (QED) is 0.286. The van der Waals surface area contributed by atoms with Crippen molar-refractivity contribution < 1.29 is 4.74 Å². The van der Waals surface area contributed by atoms with Crippen LogP contribution in [0, 0.1) is 0 Å². The lowest BCUT2D eigenvalue weighted by Crippen LogP contribution is -2.08. The molecule has 0 aliphatic rings. The molecule has 0 aliphatic heterocycles. The molecule has 0 fully saturated rings. The van der Waals surface area contributed by atoms with Gasteiger partial charge in [0.25, 0.3) is 0 Å². The third-order valence-corrected chi connectivity index (χ3v) is 6.34. The number of ether oxygens (including phenoxy) is 1. The number of benzene rings is 3. The van der Waals surface area contributed by atoms with Crippen molar-refractivity contribution in [1.29, 1.82) is 0 Å². The summed E-state index contributed by atoms with van der Waals surface area (Å²) in [7, 11) is 5.62. The fourth-order valence-corrected chi connectivity index (χ4v) is 4.12. The van der Waals surface area contributed by atoms with Gasteiger partial charge in [0.2, 0.25) is 5.88 Å². The van der Waals surface area contributed by atoms with E-state index in [1.807, 2.05) is 55.4 Å². The number of nitrogens with zero attached hydrogens (tertiary/aromatic N) is 2. The van der Waals surface area contributed by atoms with Gasteiger partial charge in [-0.3, -0.25) is 0 Å². The van der Waals surface area contributed by atoms with Gasteiger partial charge in [0.1, 0.15) is 0 Å². The molecule has 0 aliphatic carbocycles. The van der Waals surface area contributed by atoms with E-state index >= 15 is 0 Å². The molecule has 1 aromatic heterocycles. The molecule has 0 saturated carbocycles. The topological polar surface area (TPSA) is 25.4 Å². The van der Waals surface area contributed by atoms with E-state index in [1.54, 1.807) is 19.4 Å². The van der Waals surface area contributed by atoms with Crippen LogP contribution in [-0.4, -0.2) is 26.2 Å². The van der Waals surface area contributed by atoms with Gasteiger partial charge >= 0.3 is 0 Å². The van der Waals surface area contributed by atoms with Gasteiger partial charge in [0, 0.05) is 47.7 Å². The van der Waals surface area contributed by atoms with Crippen molar-refractivity contribution >= 4 is 40.5 Å². The molecule has 0 radical (unpaired) electrons. The Kier molecular flexibility index (Phi) is 6.61. The van der Waals surface area contributed by atoms with E-state index in [4.69, 9.17) is 39.5 Å². The molecule has 4 rings (SSSR count). The Morgan fingerprint density at radius 2 is 1.50 bits per heavy atom. The SMILES string of the molecule is COc1ncc(-c2ccc(Cl)cc2)cc1-c1ccc(N(C)C)cc1-c1cccc(Cl)c1Cl. The second-order valence-corrected chi connectivity index (χ2v) is 8.74. The van der Waals surface area contributed by atoms with Crippen LogP contribution in [0.4, 0.5) is 5.69 Å². The molecular formula is C26H21Cl3N2O. The average Bonchev–Trinajstić information content (AvgIpc) is 2.80. The van der Waals surface area contributed by atoms with Crippen molar-refractivity contribution in [1.82, 2.24) is 4.98 Å². The first-order valence-corrected chi connectivity index (χ1v) is 11.1. The largest absolute Gasteiger partial charge is 0.481 e. The Morgan fingerprint density at radius 1 is 0.750 bits per heavy atom. The van der Waals surface area contributed by atoms with Gasteiger partial charge in [0.05, 0.1) is 17.2 Å². The highest BCUT2D eigenvalue weighted by Crippen LogP contribution is 2.43. The number of methoxy groups -OCH3 is 1. The Hall–Kier alpha value is -2.72. The van der Waals surface area contributed by atoms with Gasteiger partial charge in [0.15, 0.2) is 0 Å². The maximum atomic E-state index is 6.63. The number of rotatable bonds is 5. The lowest BCUT2D eigenvalue weighted by Gasteiger charge is -2.19. The minimum atomic E-state index is 0.505. The third kappa shape index (κ3) is 4.42. The van der Waals surface area contributed by atoms with Crippen molar-refractivity contribution in [2.24, 2.45) is 0 Å². The minimum absolute atomic E-state index is 0.505. The Morgan fingerprint density at radius 3 is 2.19 bits per heavy atom. The molecule has 0 bridgehead atoms. The fourth-order valence-electron chi connectivity index (χ4n) is 3.59. The van der Waals surface area contributed by atoms with Crippen molar-refractivity contribution in [3.63, 3.8) is 0 Å². The monoisotopic (exact) mass is 482 g/mol. The normalized spacial score (nSPS) is 10.8. The fraction of sp³-hybridized carbons (Fsp3) is 0.115. The van der Waals surface area contributed by atoms with E-state index in [1.165, 1.54) is 0 Å². The number of pyridine rings is 1. The van der Waals surface area contributed by atoms with Crippen molar-refractivity contribution in [3.8, 4) is 39.3 Å². The summed E-state index contributed by atoms with van der Waals surface area (Å²) < 4.78 is 5.63. The van der Waals surface area contributed by atoms with E-state index in [9.17, 15) is 0 Å². The summed E-state index contributed by atoms with van der Waals surface area (Å²) in [5.74, 6) is 0.528. The van der Waals surface area contributed by atoms with Crippen LogP contribution in [0.3, 0.4) is 0 Å². The van der Waals surface area contributed by atoms with Crippen LogP contribution < -0.4 is 9.64 Å². The van der Waals surface area contributed by atoms with Crippen LogP contribution >= 0.6 is 34.8 Å². The number of anilines is 1. The maximum absolute atomic E-state index is 6.63. The zero-order valence-electron chi connectivity index (χ0n) is 17.9. The predicted molar refractivity (Wildman–Crippen MR) is 136 cm³/mol. The van der Waals surface area contributed by atoms with E-state index in [2.05, 4.69) is 29.2 Å².